The Balaban J connectivity index is 1.59. The monoisotopic (exact) mass is 348 g/mol. The van der Waals surface area contributed by atoms with Crippen molar-refractivity contribution >= 4 is 23.6 Å². The molecule has 1 amide bonds. The second-order valence-corrected chi connectivity index (χ2v) is 5.57. The Kier molecular flexibility index (Phi) is 5.24. The molecule has 1 heterocycles. The zero-order chi connectivity index (χ0) is 18.4. The number of anilines is 1. The van der Waals surface area contributed by atoms with Gasteiger partial charge in [-0.1, -0.05) is 47.6 Å². The molecule has 1 aromatic heterocycles. The predicted molar refractivity (Wildman–Crippen MR) is 97.4 cm³/mol. The van der Waals surface area contributed by atoms with Gasteiger partial charge in [-0.15, -0.1) is 0 Å². The van der Waals surface area contributed by atoms with Crippen LogP contribution in [0.3, 0.4) is 0 Å². The molecule has 3 rings (SSSR count). The van der Waals surface area contributed by atoms with Crippen LogP contribution in [0.1, 0.15) is 11.3 Å². The highest BCUT2D eigenvalue weighted by Gasteiger charge is 2.10. The Bertz CT molecular complexity index is 928. The molecule has 0 fully saturated rings. The number of nitrogens with one attached hydrogen (secondary N) is 1. The van der Waals surface area contributed by atoms with Crippen molar-refractivity contribution < 1.29 is 19.2 Å². The Morgan fingerprint density at radius 2 is 1.81 bits per heavy atom. The number of amides is 1. The summed E-state index contributed by atoms with van der Waals surface area (Å²) in [7, 11) is 0. The van der Waals surface area contributed by atoms with Crippen molar-refractivity contribution in [2.75, 3.05) is 5.32 Å². The Morgan fingerprint density at radius 1 is 1.08 bits per heavy atom. The minimum absolute atomic E-state index is 0.0942. The summed E-state index contributed by atoms with van der Waals surface area (Å²) in [5, 5.41) is 15.3. The first-order chi connectivity index (χ1) is 12.6. The van der Waals surface area contributed by atoms with Crippen molar-refractivity contribution in [3.63, 3.8) is 0 Å². The molecule has 0 radical (unpaired) electrons. The summed E-state index contributed by atoms with van der Waals surface area (Å²) in [6.07, 6.45) is 2.63. The van der Waals surface area contributed by atoms with Gasteiger partial charge in [0.25, 0.3) is 0 Å². The van der Waals surface area contributed by atoms with E-state index < -0.39 is 5.97 Å². The summed E-state index contributed by atoms with van der Waals surface area (Å²) < 4.78 is 5.28. The number of carboxylic acids is 1. The largest absolute Gasteiger partial charge is 0.478 e. The number of aromatic nitrogens is 1. The van der Waals surface area contributed by atoms with Gasteiger partial charge in [0.2, 0.25) is 5.91 Å². The van der Waals surface area contributed by atoms with E-state index in [4.69, 9.17) is 9.63 Å². The highest BCUT2D eigenvalue weighted by Crippen LogP contribution is 2.20. The normalized spacial score (nSPS) is 10.8. The summed E-state index contributed by atoms with van der Waals surface area (Å²) in [6, 6.07) is 18.1. The quantitative estimate of drug-likeness (QED) is 0.664. The van der Waals surface area contributed by atoms with Crippen molar-refractivity contribution in [1.82, 2.24) is 5.16 Å². The lowest BCUT2D eigenvalue weighted by Gasteiger charge is -2.04. The molecular formula is C20H16N2O4. The Labute approximate surface area is 149 Å². The molecule has 130 valence electrons. The fourth-order valence-corrected chi connectivity index (χ4v) is 2.35. The molecule has 0 saturated heterocycles. The molecule has 0 unspecified atom stereocenters. The van der Waals surface area contributed by atoms with E-state index in [1.165, 1.54) is 6.08 Å². The van der Waals surface area contributed by atoms with E-state index in [2.05, 4.69) is 10.5 Å². The van der Waals surface area contributed by atoms with Gasteiger partial charge in [0.05, 0.1) is 12.1 Å². The van der Waals surface area contributed by atoms with E-state index in [9.17, 15) is 9.59 Å². The lowest BCUT2D eigenvalue weighted by atomic mass is 10.1. The Morgan fingerprint density at radius 3 is 2.50 bits per heavy atom. The second-order valence-electron chi connectivity index (χ2n) is 5.57. The number of hydrogen-bond acceptors (Lipinski definition) is 4. The van der Waals surface area contributed by atoms with E-state index in [0.29, 0.717) is 17.1 Å². The van der Waals surface area contributed by atoms with E-state index in [1.807, 2.05) is 30.3 Å². The van der Waals surface area contributed by atoms with Gasteiger partial charge >= 0.3 is 5.97 Å². The van der Waals surface area contributed by atoms with Crippen LogP contribution in [-0.2, 0) is 16.0 Å². The van der Waals surface area contributed by atoms with Crippen molar-refractivity contribution in [3.8, 4) is 11.3 Å². The number of nitrogens with zero attached hydrogens (tertiary/aromatic N) is 1. The lowest BCUT2D eigenvalue weighted by Crippen LogP contribution is -2.14. The number of aliphatic carboxylic acids is 1. The van der Waals surface area contributed by atoms with Gasteiger partial charge in [-0.2, -0.15) is 0 Å². The average molecular weight is 348 g/mol. The fourth-order valence-electron chi connectivity index (χ4n) is 2.35. The number of benzene rings is 2. The molecule has 0 aliphatic rings. The first kappa shape index (κ1) is 17.2. The van der Waals surface area contributed by atoms with Crippen LogP contribution >= 0.6 is 0 Å². The minimum Gasteiger partial charge on any atom is -0.478 e. The molecule has 3 aromatic rings. The molecule has 26 heavy (non-hydrogen) atoms. The number of carboxylic acid groups (broad SMARTS) is 1. The molecule has 2 N–H and O–H groups in total. The van der Waals surface area contributed by atoms with Gasteiger partial charge in [-0.3, -0.25) is 4.79 Å². The molecule has 0 atom stereocenters. The van der Waals surface area contributed by atoms with E-state index >= 15 is 0 Å². The van der Waals surface area contributed by atoms with Crippen LogP contribution in [0, 0.1) is 0 Å². The van der Waals surface area contributed by atoms with Crippen LogP contribution in [0.5, 0.6) is 0 Å². The van der Waals surface area contributed by atoms with Crippen LogP contribution in [0.25, 0.3) is 17.4 Å². The van der Waals surface area contributed by atoms with Gasteiger partial charge in [0.1, 0.15) is 0 Å². The van der Waals surface area contributed by atoms with Crippen LogP contribution in [0.15, 0.2) is 71.3 Å². The van der Waals surface area contributed by atoms with Crippen molar-refractivity contribution in [3.05, 3.63) is 78.0 Å². The van der Waals surface area contributed by atoms with Gasteiger partial charge < -0.3 is 14.9 Å². The first-order valence-corrected chi connectivity index (χ1v) is 7.92. The number of rotatable bonds is 6. The molecule has 0 spiro atoms. The van der Waals surface area contributed by atoms with Gasteiger partial charge in [0, 0.05) is 23.4 Å². The maximum absolute atomic E-state index is 12.1. The highest BCUT2D eigenvalue weighted by atomic mass is 16.5. The van der Waals surface area contributed by atoms with Crippen LogP contribution in [0.4, 0.5) is 5.69 Å². The lowest BCUT2D eigenvalue weighted by molar-refractivity contribution is -0.131. The molecule has 2 aromatic carbocycles. The van der Waals surface area contributed by atoms with Gasteiger partial charge in [-0.25, -0.2) is 4.79 Å². The standard InChI is InChI=1S/C20H16N2O4/c23-19(21-16-9-6-14(7-10-16)8-11-20(24)25)13-17-12-18(26-22-17)15-4-2-1-3-5-15/h1-12H,13H2,(H,21,23)(H,24,25)/b11-8+. The third kappa shape index (κ3) is 4.67. The molecule has 6 nitrogen and oxygen atoms in total. The highest BCUT2D eigenvalue weighted by molar-refractivity contribution is 5.92. The number of carbonyl (C=O) groups excluding carboxylic acids is 1. The van der Waals surface area contributed by atoms with E-state index in [-0.39, 0.29) is 12.3 Å². The summed E-state index contributed by atoms with van der Waals surface area (Å²) in [4.78, 5) is 22.6. The minimum atomic E-state index is -1.01. The first-order valence-electron chi connectivity index (χ1n) is 7.92. The molecule has 0 bridgehead atoms. The smallest absolute Gasteiger partial charge is 0.328 e. The third-order valence-electron chi connectivity index (χ3n) is 3.57. The fraction of sp³-hybridized carbons (Fsp3) is 0.0500. The van der Waals surface area contributed by atoms with Crippen LogP contribution < -0.4 is 5.32 Å². The molecule has 6 heteroatoms. The summed E-state index contributed by atoms with van der Waals surface area (Å²) in [5.41, 5.74) is 2.79. The summed E-state index contributed by atoms with van der Waals surface area (Å²) >= 11 is 0. The number of carbonyl (C=O) groups is 2. The maximum atomic E-state index is 12.1. The van der Waals surface area contributed by atoms with Gasteiger partial charge in [0.15, 0.2) is 5.76 Å². The van der Waals surface area contributed by atoms with Gasteiger partial charge in [-0.05, 0) is 23.8 Å². The zero-order valence-electron chi connectivity index (χ0n) is 13.8. The SMILES string of the molecule is O=C(O)/C=C/c1ccc(NC(=O)Cc2cc(-c3ccccc3)on2)cc1. The average Bonchev–Trinajstić information content (AvgIpc) is 3.10. The summed E-state index contributed by atoms with van der Waals surface area (Å²) in [6.45, 7) is 0. The third-order valence-corrected chi connectivity index (χ3v) is 3.57. The number of hydrogen-bond donors (Lipinski definition) is 2. The van der Waals surface area contributed by atoms with E-state index in [0.717, 1.165) is 17.2 Å². The van der Waals surface area contributed by atoms with E-state index in [1.54, 1.807) is 30.3 Å². The predicted octanol–water partition coefficient (Wildman–Crippen LogP) is 3.62. The second kappa shape index (κ2) is 7.94. The van der Waals surface area contributed by atoms with Crippen molar-refractivity contribution in [2.24, 2.45) is 0 Å². The Hall–Kier alpha value is -3.67. The summed E-state index contributed by atoms with van der Waals surface area (Å²) in [5.74, 6) is -0.612. The molecule has 0 aliphatic heterocycles. The molecular weight excluding hydrogens is 332 g/mol. The zero-order valence-corrected chi connectivity index (χ0v) is 13.8. The molecule has 0 saturated carbocycles. The van der Waals surface area contributed by atoms with Crippen LogP contribution in [0.2, 0.25) is 0 Å². The van der Waals surface area contributed by atoms with Crippen molar-refractivity contribution in [2.45, 2.75) is 6.42 Å². The van der Waals surface area contributed by atoms with Crippen LogP contribution in [-0.4, -0.2) is 22.1 Å². The topological polar surface area (TPSA) is 92.4 Å². The van der Waals surface area contributed by atoms with Crippen molar-refractivity contribution in [1.29, 1.82) is 0 Å². The molecule has 0 aliphatic carbocycles. The maximum Gasteiger partial charge on any atom is 0.328 e.